The summed E-state index contributed by atoms with van der Waals surface area (Å²) in [7, 11) is 0. The van der Waals surface area contributed by atoms with E-state index in [1.165, 1.54) is 12.1 Å². The van der Waals surface area contributed by atoms with Crippen LogP contribution in [0.1, 0.15) is 48.5 Å². The monoisotopic (exact) mass is 322 g/mol. The number of hydrogen-bond donors (Lipinski definition) is 0. The van der Waals surface area contributed by atoms with Crippen LogP contribution in [-0.2, 0) is 6.18 Å². The van der Waals surface area contributed by atoms with Crippen molar-refractivity contribution in [3.05, 3.63) is 33.8 Å². The first-order chi connectivity index (χ1) is 8.36. The largest absolute Gasteiger partial charge is 0.417 e. The molecule has 0 aromatic heterocycles. The SMILES string of the molecule is CCCCCC(=O)c1ccc(Br)cc1C(F)(F)F. The van der Waals surface area contributed by atoms with E-state index in [9.17, 15) is 18.0 Å². The van der Waals surface area contributed by atoms with Crippen molar-refractivity contribution in [3.63, 3.8) is 0 Å². The summed E-state index contributed by atoms with van der Waals surface area (Å²) >= 11 is 2.99. The highest BCUT2D eigenvalue weighted by Gasteiger charge is 2.35. The minimum atomic E-state index is -4.50. The molecule has 1 aromatic carbocycles. The molecule has 0 spiro atoms. The van der Waals surface area contributed by atoms with E-state index in [1.54, 1.807) is 0 Å². The highest BCUT2D eigenvalue weighted by Crippen LogP contribution is 2.34. The van der Waals surface area contributed by atoms with Crippen LogP contribution in [0.25, 0.3) is 0 Å². The van der Waals surface area contributed by atoms with Crippen molar-refractivity contribution in [1.82, 2.24) is 0 Å². The third kappa shape index (κ3) is 4.12. The number of ketones is 1. The van der Waals surface area contributed by atoms with Crippen LogP contribution in [0.5, 0.6) is 0 Å². The summed E-state index contributed by atoms with van der Waals surface area (Å²) in [5, 5.41) is 0. The molecule has 18 heavy (non-hydrogen) atoms. The van der Waals surface area contributed by atoms with Gasteiger partial charge >= 0.3 is 6.18 Å². The summed E-state index contributed by atoms with van der Waals surface area (Å²) < 4.78 is 38.7. The fourth-order valence-corrected chi connectivity index (χ4v) is 2.03. The van der Waals surface area contributed by atoms with Gasteiger partial charge in [0.2, 0.25) is 0 Å². The Kier molecular flexibility index (Phi) is 5.38. The van der Waals surface area contributed by atoms with Gasteiger partial charge in [-0.25, -0.2) is 0 Å². The van der Waals surface area contributed by atoms with E-state index in [2.05, 4.69) is 15.9 Å². The molecule has 0 N–H and O–H groups in total. The Hall–Kier alpha value is -0.840. The zero-order chi connectivity index (χ0) is 13.8. The van der Waals surface area contributed by atoms with Crippen LogP contribution in [0, 0.1) is 0 Å². The van der Waals surface area contributed by atoms with E-state index in [1.807, 2.05) is 6.92 Å². The molecule has 0 fully saturated rings. The van der Waals surface area contributed by atoms with Gasteiger partial charge < -0.3 is 0 Å². The fourth-order valence-electron chi connectivity index (χ4n) is 1.66. The maximum Gasteiger partial charge on any atom is 0.417 e. The van der Waals surface area contributed by atoms with Crippen molar-refractivity contribution in [3.8, 4) is 0 Å². The Bertz CT molecular complexity index is 427. The predicted octanol–water partition coefficient (Wildman–Crippen LogP) is 5.23. The third-order valence-electron chi connectivity index (χ3n) is 2.59. The number of carbonyl (C=O) groups excluding carboxylic acids is 1. The van der Waals surface area contributed by atoms with Crippen molar-refractivity contribution in [2.45, 2.75) is 38.8 Å². The van der Waals surface area contributed by atoms with E-state index in [0.29, 0.717) is 10.9 Å². The second-order valence-corrected chi connectivity index (χ2v) is 4.98. The molecule has 5 heteroatoms. The molecule has 0 aliphatic carbocycles. The Morgan fingerprint density at radius 2 is 1.94 bits per heavy atom. The summed E-state index contributed by atoms with van der Waals surface area (Å²) in [5.74, 6) is -0.441. The van der Waals surface area contributed by atoms with Crippen molar-refractivity contribution < 1.29 is 18.0 Å². The molecule has 0 heterocycles. The lowest BCUT2D eigenvalue weighted by molar-refractivity contribution is -0.138. The van der Waals surface area contributed by atoms with Crippen molar-refractivity contribution in [1.29, 1.82) is 0 Å². The first-order valence-electron chi connectivity index (χ1n) is 5.76. The minimum absolute atomic E-state index is 0.165. The second kappa shape index (κ2) is 6.36. The summed E-state index contributed by atoms with van der Waals surface area (Å²) in [6.07, 6.45) is -1.93. The molecular formula is C13H14BrF3O. The maximum atomic E-state index is 12.8. The van der Waals surface area contributed by atoms with Crippen LogP contribution in [0.15, 0.2) is 22.7 Å². The number of benzene rings is 1. The number of Topliss-reactive ketones (excluding diaryl/α,β-unsaturated/α-hetero) is 1. The molecule has 100 valence electrons. The Balaban J connectivity index is 2.97. The topological polar surface area (TPSA) is 17.1 Å². The molecule has 1 nitrogen and oxygen atoms in total. The highest BCUT2D eigenvalue weighted by molar-refractivity contribution is 9.10. The van der Waals surface area contributed by atoms with Gasteiger partial charge in [-0.3, -0.25) is 4.79 Å². The molecule has 0 unspecified atom stereocenters. The van der Waals surface area contributed by atoms with E-state index < -0.39 is 17.5 Å². The van der Waals surface area contributed by atoms with Gasteiger partial charge in [0, 0.05) is 16.5 Å². The average Bonchev–Trinajstić information content (AvgIpc) is 2.28. The van der Waals surface area contributed by atoms with Gasteiger partial charge in [-0.2, -0.15) is 13.2 Å². The van der Waals surface area contributed by atoms with Crippen LogP contribution >= 0.6 is 15.9 Å². The number of hydrogen-bond acceptors (Lipinski definition) is 1. The molecule has 0 radical (unpaired) electrons. The molecule has 0 bridgehead atoms. The Morgan fingerprint density at radius 1 is 1.28 bits per heavy atom. The van der Waals surface area contributed by atoms with Gasteiger partial charge in [0.15, 0.2) is 5.78 Å². The van der Waals surface area contributed by atoms with Gasteiger partial charge in [-0.15, -0.1) is 0 Å². The maximum absolute atomic E-state index is 12.8. The van der Waals surface area contributed by atoms with E-state index in [-0.39, 0.29) is 12.0 Å². The van der Waals surface area contributed by atoms with Crippen molar-refractivity contribution >= 4 is 21.7 Å². The lowest BCUT2D eigenvalue weighted by atomic mass is 9.99. The Morgan fingerprint density at radius 3 is 2.50 bits per heavy atom. The van der Waals surface area contributed by atoms with Crippen LogP contribution < -0.4 is 0 Å². The summed E-state index contributed by atoms with van der Waals surface area (Å²) in [6.45, 7) is 1.98. The number of halogens is 4. The van der Waals surface area contributed by atoms with Crippen molar-refractivity contribution in [2.75, 3.05) is 0 Å². The normalized spacial score (nSPS) is 11.6. The molecule has 0 saturated carbocycles. The quantitative estimate of drug-likeness (QED) is 0.535. The molecule has 0 aliphatic rings. The van der Waals surface area contributed by atoms with E-state index in [4.69, 9.17) is 0 Å². The number of unbranched alkanes of at least 4 members (excludes halogenated alkanes) is 2. The number of carbonyl (C=O) groups is 1. The van der Waals surface area contributed by atoms with E-state index >= 15 is 0 Å². The van der Waals surface area contributed by atoms with Gasteiger partial charge in [0.05, 0.1) is 5.56 Å². The van der Waals surface area contributed by atoms with Crippen LogP contribution in [0.4, 0.5) is 13.2 Å². The summed E-state index contributed by atoms with van der Waals surface area (Å²) in [4.78, 5) is 11.8. The summed E-state index contributed by atoms with van der Waals surface area (Å²) in [6, 6.07) is 3.65. The lowest BCUT2D eigenvalue weighted by Crippen LogP contribution is -2.13. The van der Waals surface area contributed by atoms with Crippen molar-refractivity contribution in [2.24, 2.45) is 0 Å². The zero-order valence-electron chi connectivity index (χ0n) is 9.98. The first kappa shape index (κ1) is 15.2. The minimum Gasteiger partial charge on any atom is -0.294 e. The number of rotatable bonds is 5. The molecule has 0 aliphatic heterocycles. The molecular weight excluding hydrogens is 309 g/mol. The van der Waals surface area contributed by atoms with Gasteiger partial charge in [0.1, 0.15) is 0 Å². The smallest absolute Gasteiger partial charge is 0.294 e. The molecule has 0 amide bonds. The zero-order valence-corrected chi connectivity index (χ0v) is 11.6. The molecule has 0 saturated heterocycles. The van der Waals surface area contributed by atoms with Crippen LogP contribution in [-0.4, -0.2) is 5.78 Å². The van der Waals surface area contributed by atoms with Gasteiger partial charge in [-0.1, -0.05) is 35.7 Å². The molecule has 1 rings (SSSR count). The number of alkyl halides is 3. The molecule has 1 aromatic rings. The van der Waals surface area contributed by atoms with E-state index in [0.717, 1.165) is 18.9 Å². The third-order valence-corrected chi connectivity index (χ3v) is 3.09. The summed E-state index contributed by atoms with van der Waals surface area (Å²) in [5.41, 5.74) is -1.10. The van der Waals surface area contributed by atoms with Gasteiger partial charge in [0.25, 0.3) is 0 Å². The fraction of sp³-hybridized carbons (Fsp3) is 0.462. The standard InChI is InChI=1S/C13H14BrF3O/c1-2-3-4-5-12(18)10-7-6-9(14)8-11(10)13(15,16)17/h6-8H,2-5H2,1H3. The highest BCUT2D eigenvalue weighted by atomic mass is 79.9. The van der Waals surface area contributed by atoms with Gasteiger partial charge in [-0.05, 0) is 24.6 Å². The average molecular weight is 323 g/mol. The van der Waals surface area contributed by atoms with Crippen LogP contribution in [0.3, 0.4) is 0 Å². The molecule has 0 atom stereocenters. The lowest BCUT2D eigenvalue weighted by Gasteiger charge is -2.12. The second-order valence-electron chi connectivity index (χ2n) is 4.07. The Labute approximate surface area is 113 Å². The predicted molar refractivity (Wildman–Crippen MR) is 67.6 cm³/mol. The van der Waals surface area contributed by atoms with Crippen LogP contribution in [0.2, 0.25) is 0 Å². The first-order valence-corrected chi connectivity index (χ1v) is 6.55.